The van der Waals surface area contributed by atoms with Crippen molar-refractivity contribution in [2.24, 2.45) is 22.1 Å². The molecule has 4 N–H and O–H groups in total. The average molecular weight is 451 g/mol. The van der Waals surface area contributed by atoms with Crippen molar-refractivity contribution in [2.75, 3.05) is 26.4 Å². The SMILES string of the molecule is CCC(C)C(=N)COCC(=N)C(C)(CC)N=NC(C)(CC)C(=N)COCC(=N)C(C)CC. The molecule has 0 aromatic carbocycles. The summed E-state index contributed by atoms with van der Waals surface area (Å²) < 4.78 is 11.2. The third-order valence-electron chi connectivity index (χ3n) is 6.59. The second kappa shape index (κ2) is 14.4. The van der Waals surface area contributed by atoms with Crippen LogP contribution in [0.5, 0.6) is 0 Å². The molecule has 0 aliphatic carbocycles. The molecule has 0 radical (unpaired) electrons. The Balaban J connectivity index is 5.04. The monoisotopic (exact) mass is 450 g/mol. The van der Waals surface area contributed by atoms with E-state index in [1.54, 1.807) is 0 Å². The van der Waals surface area contributed by atoms with E-state index in [4.69, 9.17) is 31.1 Å². The van der Waals surface area contributed by atoms with Crippen molar-refractivity contribution in [2.45, 2.75) is 92.2 Å². The molecule has 0 saturated heterocycles. The lowest BCUT2D eigenvalue weighted by molar-refractivity contribution is 0.203. The normalized spacial score (nSPS) is 17.4. The molecule has 0 aromatic rings. The summed E-state index contributed by atoms with van der Waals surface area (Å²) in [6.45, 7) is 16.3. The minimum Gasteiger partial charge on any atom is -0.370 e. The van der Waals surface area contributed by atoms with Gasteiger partial charge in [0.05, 0.1) is 37.9 Å². The molecule has 0 heterocycles. The van der Waals surface area contributed by atoms with E-state index in [-0.39, 0.29) is 38.3 Å². The van der Waals surface area contributed by atoms with Crippen molar-refractivity contribution in [3.05, 3.63) is 0 Å². The summed E-state index contributed by atoms with van der Waals surface area (Å²) in [5.74, 6) is 0.350. The van der Waals surface area contributed by atoms with Crippen LogP contribution in [0.25, 0.3) is 0 Å². The van der Waals surface area contributed by atoms with Gasteiger partial charge in [0.25, 0.3) is 0 Å². The number of azo groups is 1. The molecule has 0 rings (SSSR count). The molecular formula is C24H46N6O2. The van der Waals surface area contributed by atoms with Gasteiger partial charge in [0.1, 0.15) is 11.1 Å². The largest absolute Gasteiger partial charge is 0.370 e. The minimum atomic E-state index is -0.825. The Morgan fingerprint density at radius 2 is 0.969 bits per heavy atom. The van der Waals surface area contributed by atoms with E-state index < -0.39 is 11.1 Å². The summed E-state index contributed by atoms with van der Waals surface area (Å²) >= 11 is 0. The average Bonchev–Trinajstić information content (AvgIpc) is 2.80. The fourth-order valence-electron chi connectivity index (χ4n) is 2.52. The molecule has 8 nitrogen and oxygen atoms in total. The van der Waals surface area contributed by atoms with Crippen molar-refractivity contribution >= 4 is 22.8 Å². The van der Waals surface area contributed by atoms with Gasteiger partial charge in [0, 0.05) is 11.4 Å². The summed E-state index contributed by atoms with van der Waals surface area (Å²) in [5, 5.41) is 42.0. The second-order valence-electron chi connectivity index (χ2n) is 9.07. The Morgan fingerprint density at radius 1 is 0.656 bits per heavy atom. The summed E-state index contributed by atoms with van der Waals surface area (Å²) in [6.07, 6.45) is 2.95. The van der Waals surface area contributed by atoms with Crippen LogP contribution < -0.4 is 0 Å². The molecular weight excluding hydrogens is 404 g/mol. The van der Waals surface area contributed by atoms with Gasteiger partial charge in [-0.1, -0.05) is 41.5 Å². The van der Waals surface area contributed by atoms with E-state index in [2.05, 4.69) is 10.2 Å². The maximum atomic E-state index is 8.48. The van der Waals surface area contributed by atoms with Crippen LogP contribution in [0, 0.1) is 33.5 Å². The van der Waals surface area contributed by atoms with Gasteiger partial charge in [-0.25, -0.2) is 0 Å². The molecule has 184 valence electrons. The number of nitrogens with one attached hydrogen (secondary N) is 4. The van der Waals surface area contributed by atoms with Gasteiger partial charge in [-0.3, -0.25) is 0 Å². The molecule has 0 bridgehead atoms. The van der Waals surface area contributed by atoms with Gasteiger partial charge < -0.3 is 31.1 Å². The molecule has 0 saturated carbocycles. The van der Waals surface area contributed by atoms with Crippen LogP contribution in [0.1, 0.15) is 81.1 Å². The van der Waals surface area contributed by atoms with Gasteiger partial charge in [0.2, 0.25) is 0 Å². The summed E-state index contributed by atoms with van der Waals surface area (Å²) in [6, 6.07) is 0. The van der Waals surface area contributed by atoms with Crippen LogP contribution in [0.15, 0.2) is 10.2 Å². The van der Waals surface area contributed by atoms with Gasteiger partial charge in [-0.05, 0) is 51.4 Å². The third-order valence-corrected chi connectivity index (χ3v) is 6.59. The van der Waals surface area contributed by atoms with E-state index in [0.717, 1.165) is 12.8 Å². The number of hydrogen-bond donors (Lipinski definition) is 4. The predicted molar refractivity (Wildman–Crippen MR) is 134 cm³/mol. The fraction of sp³-hybridized carbons (Fsp3) is 0.833. The van der Waals surface area contributed by atoms with Crippen LogP contribution in [-0.4, -0.2) is 60.4 Å². The highest BCUT2D eigenvalue weighted by atomic mass is 16.5. The lowest BCUT2D eigenvalue weighted by Crippen LogP contribution is -2.39. The summed E-state index contributed by atoms with van der Waals surface area (Å²) in [7, 11) is 0. The topological polar surface area (TPSA) is 139 Å². The van der Waals surface area contributed by atoms with Crippen LogP contribution in [-0.2, 0) is 9.47 Å². The van der Waals surface area contributed by atoms with Gasteiger partial charge in [-0.2, -0.15) is 10.2 Å². The fourth-order valence-corrected chi connectivity index (χ4v) is 2.52. The molecule has 0 amide bonds. The highest BCUT2D eigenvalue weighted by Gasteiger charge is 2.32. The molecule has 8 heteroatoms. The predicted octanol–water partition coefficient (Wildman–Crippen LogP) is 5.98. The lowest BCUT2D eigenvalue weighted by Gasteiger charge is -2.28. The van der Waals surface area contributed by atoms with Crippen molar-refractivity contribution in [3.8, 4) is 0 Å². The zero-order chi connectivity index (χ0) is 24.9. The van der Waals surface area contributed by atoms with Crippen LogP contribution in [0.4, 0.5) is 0 Å². The molecule has 0 fully saturated rings. The van der Waals surface area contributed by atoms with Gasteiger partial charge >= 0.3 is 0 Å². The van der Waals surface area contributed by atoms with Gasteiger partial charge in [0.15, 0.2) is 0 Å². The van der Waals surface area contributed by atoms with E-state index in [1.165, 1.54) is 0 Å². The first-order valence-corrected chi connectivity index (χ1v) is 11.8. The molecule has 4 unspecified atom stereocenters. The third kappa shape index (κ3) is 9.36. The lowest BCUT2D eigenvalue weighted by atomic mass is 9.92. The van der Waals surface area contributed by atoms with Crippen LogP contribution in [0.3, 0.4) is 0 Å². The van der Waals surface area contributed by atoms with E-state index in [1.807, 2.05) is 55.4 Å². The quantitative estimate of drug-likeness (QED) is 0.151. The first-order chi connectivity index (χ1) is 14.9. The van der Waals surface area contributed by atoms with Crippen molar-refractivity contribution in [1.82, 2.24) is 0 Å². The summed E-state index contributed by atoms with van der Waals surface area (Å²) in [5.41, 5.74) is 0.0406. The second-order valence-corrected chi connectivity index (χ2v) is 9.07. The smallest absolute Gasteiger partial charge is 0.118 e. The van der Waals surface area contributed by atoms with Crippen LogP contribution in [0.2, 0.25) is 0 Å². The van der Waals surface area contributed by atoms with Crippen LogP contribution >= 0.6 is 0 Å². The van der Waals surface area contributed by atoms with E-state index in [9.17, 15) is 0 Å². The minimum absolute atomic E-state index is 0.100. The standard InChI is InChI=1S/C24H46N6O2/c1-9-17(5)19(25)13-31-15-21(27)23(7,11-3)29-30-24(8,12-4)22(28)16-32-14-20(26)18(6)10-2/h17-18,25-28H,9-16H2,1-8H3. The molecule has 0 aliphatic heterocycles. The number of rotatable bonds is 18. The number of nitrogens with zero attached hydrogens (tertiary/aromatic N) is 2. The Morgan fingerprint density at radius 3 is 1.22 bits per heavy atom. The molecule has 0 aromatic heterocycles. The Labute approximate surface area is 195 Å². The van der Waals surface area contributed by atoms with Crippen molar-refractivity contribution in [3.63, 3.8) is 0 Å². The molecule has 32 heavy (non-hydrogen) atoms. The van der Waals surface area contributed by atoms with Crippen molar-refractivity contribution in [1.29, 1.82) is 21.6 Å². The molecule has 0 aliphatic rings. The summed E-state index contributed by atoms with van der Waals surface area (Å²) in [4.78, 5) is 0. The zero-order valence-electron chi connectivity index (χ0n) is 21.5. The van der Waals surface area contributed by atoms with E-state index >= 15 is 0 Å². The maximum absolute atomic E-state index is 8.48. The molecule has 4 atom stereocenters. The molecule has 0 spiro atoms. The zero-order valence-corrected chi connectivity index (χ0v) is 21.5. The van der Waals surface area contributed by atoms with Gasteiger partial charge in [-0.15, -0.1) is 0 Å². The first-order valence-electron chi connectivity index (χ1n) is 11.8. The maximum Gasteiger partial charge on any atom is 0.118 e. The Kier molecular flexibility index (Phi) is 13.6. The Hall–Kier alpha value is -1.80. The number of hydrogen-bond acceptors (Lipinski definition) is 8. The van der Waals surface area contributed by atoms with Crippen molar-refractivity contribution < 1.29 is 9.47 Å². The highest BCUT2D eigenvalue weighted by molar-refractivity contribution is 5.93. The number of ether oxygens (including phenoxy) is 2. The first kappa shape index (κ1) is 30.2. The van der Waals surface area contributed by atoms with E-state index in [0.29, 0.717) is 35.7 Å². The Bertz CT molecular complexity index is 621. The highest BCUT2D eigenvalue weighted by Crippen LogP contribution is 2.24.